The molecule has 0 aliphatic heterocycles. The summed E-state index contributed by atoms with van der Waals surface area (Å²) in [6, 6.07) is 4.50. The van der Waals surface area contributed by atoms with E-state index in [1.54, 1.807) is 0 Å². The first kappa shape index (κ1) is 20.2. The standard InChI is InChI=1S/C16H18ClF4N5/c1-26(2)7-3-6-22-15-24-13(16(19,20)21)9-14(25-15)23-10-4-5-12(18)11(17)8-10/h4-5,8-9H,3,6-7H2,1-2H3,(H2,22,23,24,25). The highest BCUT2D eigenvalue weighted by molar-refractivity contribution is 6.31. The highest BCUT2D eigenvalue weighted by Gasteiger charge is 2.33. The fraction of sp³-hybridized carbons (Fsp3) is 0.375. The van der Waals surface area contributed by atoms with Crippen molar-refractivity contribution in [3.8, 4) is 0 Å². The van der Waals surface area contributed by atoms with Crippen molar-refractivity contribution in [1.29, 1.82) is 0 Å². The van der Waals surface area contributed by atoms with Crippen molar-refractivity contribution < 1.29 is 17.6 Å². The number of nitrogens with one attached hydrogen (secondary N) is 2. The van der Waals surface area contributed by atoms with Gasteiger partial charge in [0.15, 0.2) is 5.69 Å². The van der Waals surface area contributed by atoms with Crippen LogP contribution in [0.2, 0.25) is 5.02 Å². The number of aromatic nitrogens is 2. The molecule has 0 spiro atoms. The molecule has 0 fully saturated rings. The molecule has 1 aromatic heterocycles. The summed E-state index contributed by atoms with van der Waals surface area (Å²) in [5.41, 5.74) is -0.778. The van der Waals surface area contributed by atoms with Gasteiger partial charge >= 0.3 is 6.18 Å². The van der Waals surface area contributed by atoms with Crippen molar-refractivity contribution in [3.63, 3.8) is 0 Å². The summed E-state index contributed by atoms with van der Waals surface area (Å²) in [7, 11) is 3.80. The second kappa shape index (κ2) is 8.50. The number of alkyl halides is 3. The first-order valence-corrected chi connectivity index (χ1v) is 8.10. The van der Waals surface area contributed by atoms with Gasteiger partial charge in [-0.25, -0.2) is 9.37 Å². The van der Waals surface area contributed by atoms with Gasteiger partial charge in [0.25, 0.3) is 0 Å². The zero-order valence-electron chi connectivity index (χ0n) is 14.2. The van der Waals surface area contributed by atoms with Gasteiger partial charge in [-0.2, -0.15) is 18.2 Å². The predicted octanol–water partition coefficient (Wildman–Crippen LogP) is 4.40. The third kappa shape index (κ3) is 5.99. The van der Waals surface area contributed by atoms with Crippen LogP contribution >= 0.6 is 11.6 Å². The molecule has 5 nitrogen and oxygen atoms in total. The van der Waals surface area contributed by atoms with E-state index < -0.39 is 17.7 Å². The molecule has 0 atom stereocenters. The van der Waals surface area contributed by atoms with Gasteiger partial charge in [-0.3, -0.25) is 0 Å². The van der Waals surface area contributed by atoms with Gasteiger partial charge in [0.05, 0.1) is 5.02 Å². The Kier molecular flexibility index (Phi) is 6.60. The van der Waals surface area contributed by atoms with Crippen molar-refractivity contribution in [2.45, 2.75) is 12.6 Å². The molecule has 0 aliphatic carbocycles. The molecule has 0 unspecified atom stereocenters. The fourth-order valence-corrected chi connectivity index (χ4v) is 2.23. The molecule has 0 bridgehead atoms. The first-order chi connectivity index (χ1) is 12.1. The van der Waals surface area contributed by atoms with E-state index in [4.69, 9.17) is 11.6 Å². The Morgan fingerprint density at radius 3 is 2.50 bits per heavy atom. The van der Waals surface area contributed by atoms with Crippen LogP contribution in [-0.2, 0) is 6.18 Å². The van der Waals surface area contributed by atoms with Crippen molar-refractivity contribution in [2.24, 2.45) is 0 Å². The molecule has 26 heavy (non-hydrogen) atoms. The van der Waals surface area contributed by atoms with Gasteiger partial charge < -0.3 is 15.5 Å². The van der Waals surface area contributed by atoms with Crippen LogP contribution in [0.3, 0.4) is 0 Å². The molecular formula is C16H18ClF4N5. The summed E-state index contributed by atoms with van der Waals surface area (Å²) >= 11 is 5.68. The van der Waals surface area contributed by atoms with Crippen molar-refractivity contribution in [3.05, 3.63) is 40.8 Å². The van der Waals surface area contributed by atoms with Gasteiger partial charge in [0.1, 0.15) is 11.6 Å². The molecule has 0 saturated heterocycles. The molecule has 0 radical (unpaired) electrons. The predicted molar refractivity (Wildman–Crippen MR) is 93.4 cm³/mol. The lowest BCUT2D eigenvalue weighted by Crippen LogP contribution is -2.18. The van der Waals surface area contributed by atoms with E-state index in [1.807, 2.05) is 19.0 Å². The fourth-order valence-electron chi connectivity index (χ4n) is 2.05. The molecule has 2 N–H and O–H groups in total. The minimum atomic E-state index is -4.63. The molecule has 1 aromatic carbocycles. The number of anilines is 3. The van der Waals surface area contributed by atoms with Crippen LogP contribution in [0.15, 0.2) is 24.3 Å². The SMILES string of the molecule is CN(C)CCCNc1nc(Nc2ccc(F)c(Cl)c2)cc(C(F)(F)F)n1. The molecule has 0 amide bonds. The van der Waals surface area contributed by atoms with Crippen LogP contribution < -0.4 is 10.6 Å². The van der Waals surface area contributed by atoms with Gasteiger partial charge in [-0.1, -0.05) is 11.6 Å². The molecule has 0 aliphatic rings. The zero-order chi connectivity index (χ0) is 19.3. The normalized spacial score (nSPS) is 11.7. The maximum Gasteiger partial charge on any atom is 0.433 e. The summed E-state index contributed by atoms with van der Waals surface area (Å²) in [5, 5.41) is 5.32. The molecule has 0 saturated carbocycles. The maximum atomic E-state index is 13.2. The topological polar surface area (TPSA) is 53.1 Å². The highest BCUT2D eigenvalue weighted by Crippen LogP contribution is 2.31. The summed E-state index contributed by atoms with van der Waals surface area (Å²) in [6.07, 6.45) is -3.91. The number of hydrogen-bond acceptors (Lipinski definition) is 5. The van der Waals surface area contributed by atoms with Crippen LogP contribution in [0.5, 0.6) is 0 Å². The van der Waals surface area contributed by atoms with Crippen molar-refractivity contribution >= 4 is 29.1 Å². The zero-order valence-corrected chi connectivity index (χ0v) is 14.9. The van der Waals surface area contributed by atoms with Crippen LogP contribution in [0, 0.1) is 5.82 Å². The molecular weight excluding hydrogens is 374 g/mol. The van der Waals surface area contributed by atoms with Gasteiger partial charge in [0.2, 0.25) is 5.95 Å². The Morgan fingerprint density at radius 1 is 1.15 bits per heavy atom. The number of benzene rings is 1. The average molecular weight is 392 g/mol. The van der Waals surface area contributed by atoms with E-state index >= 15 is 0 Å². The van der Waals surface area contributed by atoms with E-state index in [9.17, 15) is 17.6 Å². The van der Waals surface area contributed by atoms with E-state index in [-0.39, 0.29) is 16.8 Å². The van der Waals surface area contributed by atoms with E-state index in [2.05, 4.69) is 20.6 Å². The minimum Gasteiger partial charge on any atom is -0.354 e. The summed E-state index contributed by atoms with van der Waals surface area (Å²) in [6.45, 7) is 1.19. The third-order valence-electron chi connectivity index (χ3n) is 3.27. The monoisotopic (exact) mass is 391 g/mol. The van der Waals surface area contributed by atoms with Crippen molar-refractivity contribution in [2.75, 3.05) is 37.8 Å². The Hall–Kier alpha value is -2.13. The lowest BCUT2D eigenvalue weighted by atomic mass is 10.3. The molecule has 1 heterocycles. The van der Waals surface area contributed by atoms with Crippen LogP contribution in [0.25, 0.3) is 0 Å². The number of halogens is 5. The Balaban J connectivity index is 2.20. The molecule has 142 valence electrons. The van der Waals surface area contributed by atoms with Gasteiger partial charge in [0, 0.05) is 18.3 Å². The second-order valence-corrected chi connectivity index (χ2v) is 6.20. The Morgan fingerprint density at radius 2 is 1.88 bits per heavy atom. The summed E-state index contributed by atoms with van der Waals surface area (Å²) in [4.78, 5) is 9.49. The quantitative estimate of drug-likeness (QED) is 0.541. The molecule has 2 rings (SSSR count). The van der Waals surface area contributed by atoms with Gasteiger partial charge in [-0.15, -0.1) is 0 Å². The van der Waals surface area contributed by atoms with Crippen LogP contribution in [-0.4, -0.2) is 42.1 Å². The summed E-state index contributed by atoms with van der Waals surface area (Å²) < 4.78 is 52.4. The Bertz CT molecular complexity index is 752. The lowest BCUT2D eigenvalue weighted by Gasteiger charge is -2.14. The first-order valence-electron chi connectivity index (χ1n) is 7.72. The lowest BCUT2D eigenvalue weighted by molar-refractivity contribution is -0.141. The smallest absolute Gasteiger partial charge is 0.354 e. The van der Waals surface area contributed by atoms with Crippen LogP contribution in [0.4, 0.5) is 35.0 Å². The maximum absolute atomic E-state index is 13.2. The largest absolute Gasteiger partial charge is 0.433 e. The van der Waals surface area contributed by atoms with Crippen LogP contribution in [0.1, 0.15) is 12.1 Å². The number of rotatable bonds is 7. The summed E-state index contributed by atoms with van der Waals surface area (Å²) in [5.74, 6) is -0.849. The van der Waals surface area contributed by atoms with E-state index in [0.717, 1.165) is 18.7 Å². The molecule has 2 aromatic rings. The third-order valence-corrected chi connectivity index (χ3v) is 3.56. The number of nitrogens with zero attached hydrogens (tertiary/aromatic N) is 3. The van der Waals surface area contributed by atoms with E-state index in [1.165, 1.54) is 12.1 Å². The van der Waals surface area contributed by atoms with Crippen molar-refractivity contribution in [1.82, 2.24) is 14.9 Å². The van der Waals surface area contributed by atoms with E-state index in [0.29, 0.717) is 18.7 Å². The minimum absolute atomic E-state index is 0.0786. The molecule has 10 heteroatoms. The van der Waals surface area contributed by atoms with Gasteiger partial charge in [-0.05, 0) is 45.3 Å². The highest BCUT2D eigenvalue weighted by atomic mass is 35.5. The number of hydrogen-bond donors (Lipinski definition) is 2. The second-order valence-electron chi connectivity index (χ2n) is 5.80. The Labute approximate surface area is 153 Å². The average Bonchev–Trinajstić information content (AvgIpc) is 2.54.